The van der Waals surface area contributed by atoms with Crippen LogP contribution >= 0.6 is 11.8 Å². The van der Waals surface area contributed by atoms with E-state index in [1.165, 1.54) is 11.8 Å². The van der Waals surface area contributed by atoms with Crippen molar-refractivity contribution < 1.29 is 9.59 Å². The van der Waals surface area contributed by atoms with Gasteiger partial charge in [0.15, 0.2) is 5.78 Å². The molecule has 0 aliphatic carbocycles. The number of carbonyl (C=O) groups excluding carboxylic acids is 2. The lowest BCUT2D eigenvalue weighted by molar-refractivity contribution is -0.113. The summed E-state index contributed by atoms with van der Waals surface area (Å²) in [6.45, 7) is 3.74. The predicted molar refractivity (Wildman–Crippen MR) is 101 cm³/mol. The minimum Gasteiger partial charge on any atom is -0.325 e. The summed E-state index contributed by atoms with van der Waals surface area (Å²) >= 11 is 1.33. The number of nitrogens with one attached hydrogen (secondary N) is 2. The van der Waals surface area contributed by atoms with E-state index in [-0.39, 0.29) is 17.4 Å². The number of rotatable bonds is 9. The van der Waals surface area contributed by atoms with E-state index in [4.69, 9.17) is 0 Å². The van der Waals surface area contributed by atoms with E-state index < -0.39 is 0 Å². The van der Waals surface area contributed by atoms with Gasteiger partial charge in [-0.1, -0.05) is 49.4 Å². The van der Waals surface area contributed by atoms with E-state index in [2.05, 4.69) is 17.6 Å². The summed E-state index contributed by atoms with van der Waals surface area (Å²) in [5.41, 5.74) is 2.59. The number of thioether (sulfide) groups is 1. The largest absolute Gasteiger partial charge is 0.325 e. The quantitative estimate of drug-likeness (QED) is 0.686. The van der Waals surface area contributed by atoms with Gasteiger partial charge in [0.05, 0.1) is 11.5 Å². The van der Waals surface area contributed by atoms with Crippen molar-refractivity contribution in [1.82, 2.24) is 5.32 Å². The first-order chi connectivity index (χ1) is 11.7. The average Bonchev–Trinajstić information content (AvgIpc) is 2.61. The zero-order chi connectivity index (χ0) is 17.2. The van der Waals surface area contributed by atoms with Crippen LogP contribution in [0.3, 0.4) is 0 Å². The molecule has 0 aromatic heterocycles. The van der Waals surface area contributed by atoms with E-state index in [0.717, 1.165) is 24.3 Å². The first-order valence-electron chi connectivity index (χ1n) is 7.94. The van der Waals surface area contributed by atoms with Crippen LogP contribution in [-0.4, -0.2) is 29.7 Å². The van der Waals surface area contributed by atoms with Crippen molar-refractivity contribution in [2.75, 3.05) is 23.4 Å². The van der Waals surface area contributed by atoms with Gasteiger partial charge < -0.3 is 10.6 Å². The number of carbonyl (C=O) groups is 2. The summed E-state index contributed by atoms with van der Waals surface area (Å²) in [5.74, 6) is 0.510. The Morgan fingerprint density at radius 2 is 1.79 bits per heavy atom. The van der Waals surface area contributed by atoms with E-state index in [9.17, 15) is 9.59 Å². The van der Waals surface area contributed by atoms with Crippen molar-refractivity contribution in [2.45, 2.75) is 13.5 Å². The number of hydrogen-bond acceptors (Lipinski definition) is 4. The number of ketones is 1. The molecule has 0 radical (unpaired) electrons. The summed E-state index contributed by atoms with van der Waals surface area (Å²) < 4.78 is 0. The molecule has 2 aromatic rings. The molecule has 0 bridgehead atoms. The zero-order valence-electron chi connectivity index (χ0n) is 13.7. The Kier molecular flexibility index (Phi) is 7.52. The molecule has 0 atom stereocenters. The molecule has 0 saturated heterocycles. The highest BCUT2D eigenvalue weighted by Gasteiger charge is 2.08. The van der Waals surface area contributed by atoms with E-state index >= 15 is 0 Å². The van der Waals surface area contributed by atoms with Gasteiger partial charge in [-0.2, -0.15) is 0 Å². The maximum absolute atomic E-state index is 12.0. The first-order valence-corrected chi connectivity index (χ1v) is 9.10. The Labute approximate surface area is 147 Å². The maximum atomic E-state index is 12.0. The molecule has 0 spiro atoms. The molecule has 2 aromatic carbocycles. The van der Waals surface area contributed by atoms with Crippen LogP contribution in [0.4, 0.5) is 5.69 Å². The summed E-state index contributed by atoms with van der Waals surface area (Å²) in [6.07, 6.45) is 0. The second-order valence-electron chi connectivity index (χ2n) is 5.31. The van der Waals surface area contributed by atoms with Crippen molar-refractivity contribution in [2.24, 2.45) is 0 Å². The fraction of sp³-hybridized carbons (Fsp3) is 0.263. The SMILES string of the molecule is CCNCc1cccc(NC(=O)CSCC(=O)c2ccccc2)c1. The summed E-state index contributed by atoms with van der Waals surface area (Å²) in [5, 5.41) is 6.13. The number of benzene rings is 2. The standard InChI is InChI=1S/C19H22N2O2S/c1-2-20-12-15-7-6-10-17(11-15)21-19(23)14-24-13-18(22)16-8-4-3-5-9-16/h3-11,20H,2,12-14H2,1H3,(H,21,23). The number of amides is 1. The third-order valence-electron chi connectivity index (χ3n) is 3.35. The molecule has 2 rings (SSSR count). The van der Waals surface area contributed by atoms with Crippen molar-refractivity contribution in [3.05, 3.63) is 65.7 Å². The van der Waals surface area contributed by atoms with Gasteiger partial charge in [-0.05, 0) is 24.2 Å². The van der Waals surface area contributed by atoms with Crippen molar-refractivity contribution in [3.63, 3.8) is 0 Å². The Balaban J connectivity index is 1.76. The molecular formula is C19H22N2O2S. The zero-order valence-corrected chi connectivity index (χ0v) is 14.6. The second-order valence-corrected chi connectivity index (χ2v) is 6.30. The fourth-order valence-corrected chi connectivity index (χ4v) is 2.88. The lowest BCUT2D eigenvalue weighted by atomic mass is 10.2. The van der Waals surface area contributed by atoms with Crippen LogP contribution in [0.1, 0.15) is 22.8 Å². The normalized spacial score (nSPS) is 10.4. The molecule has 0 aliphatic heterocycles. The van der Waals surface area contributed by atoms with Gasteiger partial charge in [0.1, 0.15) is 0 Å². The summed E-state index contributed by atoms with van der Waals surface area (Å²) in [4.78, 5) is 24.0. The van der Waals surface area contributed by atoms with Gasteiger partial charge in [0.25, 0.3) is 0 Å². The molecule has 5 heteroatoms. The third-order valence-corrected chi connectivity index (χ3v) is 4.28. The molecule has 0 unspecified atom stereocenters. The molecule has 4 nitrogen and oxygen atoms in total. The van der Waals surface area contributed by atoms with Crippen molar-refractivity contribution in [1.29, 1.82) is 0 Å². The topological polar surface area (TPSA) is 58.2 Å². The van der Waals surface area contributed by atoms with Gasteiger partial charge in [-0.3, -0.25) is 9.59 Å². The Morgan fingerprint density at radius 3 is 2.54 bits per heavy atom. The maximum Gasteiger partial charge on any atom is 0.234 e. The Morgan fingerprint density at radius 1 is 1.00 bits per heavy atom. The van der Waals surface area contributed by atoms with Crippen molar-refractivity contribution in [3.8, 4) is 0 Å². The molecule has 24 heavy (non-hydrogen) atoms. The van der Waals surface area contributed by atoms with Gasteiger partial charge in [-0.15, -0.1) is 11.8 Å². The fourth-order valence-electron chi connectivity index (χ4n) is 2.17. The van der Waals surface area contributed by atoms with Crippen LogP contribution in [0.15, 0.2) is 54.6 Å². The molecule has 0 fully saturated rings. The summed E-state index contributed by atoms with van der Waals surface area (Å²) in [6, 6.07) is 16.9. The highest BCUT2D eigenvalue weighted by Crippen LogP contribution is 2.12. The van der Waals surface area contributed by atoms with Crippen LogP contribution < -0.4 is 10.6 Å². The second kappa shape index (κ2) is 9.90. The van der Waals surface area contributed by atoms with Crippen LogP contribution in [0.25, 0.3) is 0 Å². The van der Waals surface area contributed by atoms with Crippen LogP contribution in [0, 0.1) is 0 Å². The monoisotopic (exact) mass is 342 g/mol. The molecule has 1 amide bonds. The lowest BCUT2D eigenvalue weighted by Crippen LogP contribution is -2.16. The van der Waals surface area contributed by atoms with Gasteiger partial charge in [-0.25, -0.2) is 0 Å². The number of hydrogen-bond donors (Lipinski definition) is 2. The smallest absolute Gasteiger partial charge is 0.234 e. The predicted octanol–water partition coefficient (Wildman–Crippen LogP) is 3.35. The molecular weight excluding hydrogens is 320 g/mol. The molecule has 0 aliphatic rings. The number of anilines is 1. The lowest BCUT2D eigenvalue weighted by Gasteiger charge is -2.08. The highest BCUT2D eigenvalue weighted by molar-refractivity contribution is 8.00. The molecule has 2 N–H and O–H groups in total. The van der Waals surface area contributed by atoms with Gasteiger partial charge in [0.2, 0.25) is 5.91 Å². The Bertz CT molecular complexity index is 674. The van der Waals surface area contributed by atoms with E-state index in [1.807, 2.05) is 42.5 Å². The van der Waals surface area contributed by atoms with E-state index in [0.29, 0.717) is 11.3 Å². The summed E-state index contributed by atoms with van der Waals surface area (Å²) in [7, 11) is 0. The minimum atomic E-state index is -0.0959. The van der Waals surface area contributed by atoms with Crippen LogP contribution in [0.2, 0.25) is 0 Å². The van der Waals surface area contributed by atoms with E-state index in [1.54, 1.807) is 12.1 Å². The highest BCUT2D eigenvalue weighted by atomic mass is 32.2. The van der Waals surface area contributed by atoms with Crippen LogP contribution in [0.5, 0.6) is 0 Å². The molecule has 126 valence electrons. The van der Waals surface area contributed by atoms with Gasteiger partial charge in [0, 0.05) is 17.8 Å². The molecule has 0 saturated carbocycles. The minimum absolute atomic E-state index is 0.0426. The average molecular weight is 342 g/mol. The third kappa shape index (κ3) is 6.18. The molecule has 0 heterocycles. The first kappa shape index (κ1) is 18.2. The van der Waals surface area contributed by atoms with Crippen molar-refractivity contribution >= 4 is 29.1 Å². The van der Waals surface area contributed by atoms with Gasteiger partial charge >= 0.3 is 0 Å². The number of Topliss-reactive ketones (excluding diaryl/α,β-unsaturated/α-hetero) is 1. The van der Waals surface area contributed by atoms with Crippen LogP contribution in [-0.2, 0) is 11.3 Å². The Hall–Kier alpha value is -2.11.